The number of carboxylic acids is 1. The van der Waals surface area contributed by atoms with Gasteiger partial charge in [-0.1, -0.05) is 30.3 Å². The molecule has 0 fully saturated rings. The van der Waals surface area contributed by atoms with E-state index in [0.717, 1.165) is 5.56 Å². The molecule has 154 valence electrons. The predicted molar refractivity (Wildman–Crippen MR) is 110 cm³/mol. The lowest BCUT2D eigenvalue weighted by atomic mass is 10.1. The van der Waals surface area contributed by atoms with Crippen molar-refractivity contribution in [2.45, 2.75) is 12.5 Å². The second-order valence-electron chi connectivity index (χ2n) is 6.19. The molecule has 2 heterocycles. The van der Waals surface area contributed by atoms with Gasteiger partial charge >= 0.3 is 5.97 Å². The number of amides is 2. The van der Waals surface area contributed by atoms with Crippen LogP contribution in [0.15, 0.2) is 80.1 Å². The summed E-state index contributed by atoms with van der Waals surface area (Å²) >= 11 is 3.10. The highest BCUT2D eigenvalue weighted by Gasteiger charge is 2.24. The van der Waals surface area contributed by atoms with Gasteiger partial charge in [-0.2, -0.15) is 0 Å². The molecule has 1 atom stereocenters. The minimum atomic E-state index is -1.20. The molecular weight excluding hydrogens is 456 g/mol. The van der Waals surface area contributed by atoms with Gasteiger partial charge in [-0.15, -0.1) is 0 Å². The molecule has 2 amide bonds. The Morgan fingerprint density at radius 3 is 2.43 bits per heavy atom. The summed E-state index contributed by atoms with van der Waals surface area (Å²) in [6, 6.07) is 13.8. The number of hydrogen-bond donors (Lipinski definition) is 3. The summed E-state index contributed by atoms with van der Waals surface area (Å²) in [6.45, 7) is 0. The first-order valence-electron chi connectivity index (χ1n) is 8.82. The highest BCUT2D eigenvalue weighted by Crippen LogP contribution is 2.15. The van der Waals surface area contributed by atoms with Crippen LogP contribution in [0.3, 0.4) is 0 Å². The summed E-state index contributed by atoms with van der Waals surface area (Å²) in [7, 11) is 0. The zero-order valence-electron chi connectivity index (χ0n) is 15.5. The molecule has 1 aromatic carbocycles. The van der Waals surface area contributed by atoms with Crippen LogP contribution >= 0.6 is 15.9 Å². The molecule has 3 rings (SSSR count). The molecule has 0 bridgehead atoms. The van der Waals surface area contributed by atoms with E-state index < -0.39 is 23.8 Å². The number of rotatable bonds is 8. The van der Waals surface area contributed by atoms with E-state index in [1.54, 1.807) is 36.4 Å². The van der Waals surface area contributed by atoms with E-state index >= 15 is 0 Å². The Balaban J connectivity index is 1.80. The minimum Gasteiger partial charge on any atom is -0.480 e. The first-order chi connectivity index (χ1) is 14.4. The summed E-state index contributed by atoms with van der Waals surface area (Å²) in [4.78, 5) is 36.9. The lowest BCUT2D eigenvalue weighted by Crippen LogP contribution is -2.45. The topological polar surface area (TPSA) is 122 Å². The van der Waals surface area contributed by atoms with Gasteiger partial charge in [0.1, 0.15) is 17.5 Å². The van der Waals surface area contributed by atoms with Crippen LogP contribution in [0.25, 0.3) is 6.08 Å². The van der Waals surface area contributed by atoms with Crippen molar-refractivity contribution in [2.24, 2.45) is 0 Å². The maximum atomic E-state index is 12.8. The van der Waals surface area contributed by atoms with Crippen molar-refractivity contribution in [1.82, 2.24) is 10.6 Å². The molecule has 0 saturated heterocycles. The molecule has 3 aromatic rings. The van der Waals surface area contributed by atoms with Gasteiger partial charge in [0.2, 0.25) is 0 Å². The number of carbonyl (C=O) groups excluding carboxylic acids is 2. The Hall–Kier alpha value is -3.59. The fourth-order valence-corrected chi connectivity index (χ4v) is 2.89. The maximum absolute atomic E-state index is 12.8. The van der Waals surface area contributed by atoms with Crippen molar-refractivity contribution in [3.8, 4) is 0 Å². The van der Waals surface area contributed by atoms with Gasteiger partial charge in [-0.25, -0.2) is 4.79 Å². The van der Waals surface area contributed by atoms with E-state index in [-0.39, 0.29) is 17.9 Å². The minimum absolute atomic E-state index is 0.0286. The molecule has 0 aliphatic carbocycles. The second-order valence-corrected chi connectivity index (χ2v) is 6.97. The SMILES string of the molecule is O=C(NC(Cc1ccccc1)C(=O)O)/C(=C/c1ccco1)NC(=O)c1ccc(Br)o1. The van der Waals surface area contributed by atoms with Crippen molar-refractivity contribution in [2.75, 3.05) is 0 Å². The van der Waals surface area contributed by atoms with Crippen LogP contribution in [-0.4, -0.2) is 28.9 Å². The molecule has 8 nitrogen and oxygen atoms in total. The van der Waals surface area contributed by atoms with E-state index in [2.05, 4.69) is 26.6 Å². The monoisotopic (exact) mass is 472 g/mol. The Labute approximate surface area is 179 Å². The number of halogens is 1. The van der Waals surface area contributed by atoms with Gasteiger partial charge in [0, 0.05) is 12.5 Å². The van der Waals surface area contributed by atoms with Crippen LogP contribution in [0.1, 0.15) is 21.9 Å². The average Bonchev–Trinajstić information content (AvgIpc) is 3.39. The van der Waals surface area contributed by atoms with Gasteiger partial charge in [-0.3, -0.25) is 9.59 Å². The predicted octanol–water partition coefficient (Wildman–Crippen LogP) is 3.22. The number of hydrogen-bond acceptors (Lipinski definition) is 5. The molecule has 30 heavy (non-hydrogen) atoms. The highest BCUT2D eigenvalue weighted by atomic mass is 79.9. The summed E-state index contributed by atoms with van der Waals surface area (Å²) in [5.41, 5.74) is 0.549. The number of furan rings is 2. The molecule has 0 aliphatic heterocycles. The van der Waals surface area contributed by atoms with Gasteiger partial charge in [0.25, 0.3) is 11.8 Å². The van der Waals surface area contributed by atoms with Crippen LogP contribution in [-0.2, 0) is 16.0 Å². The van der Waals surface area contributed by atoms with E-state index in [4.69, 9.17) is 8.83 Å². The van der Waals surface area contributed by atoms with Crippen LogP contribution in [0.4, 0.5) is 0 Å². The van der Waals surface area contributed by atoms with Crippen LogP contribution in [0, 0.1) is 0 Å². The van der Waals surface area contributed by atoms with E-state index in [1.807, 2.05) is 6.07 Å². The highest BCUT2D eigenvalue weighted by molar-refractivity contribution is 9.10. The summed E-state index contributed by atoms with van der Waals surface area (Å²) < 4.78 is 10.7. The van der Waals surface area contributed by atoms with Gasteiger partial charge < -0.3 is 24.6 Å². The third kappa shape index (κ3) is 5.71. The van der Waals surface area contributed by atoms with Crippen molar-refractivity contribution < 1.29 is 28.3 Å². The fraction of sp³-hybridized carbons (Fsp3) is 0.0952. The lowest BCUT2D eigenvalue weighted by molar-refractivity contribution is -0.141. The van der Waals surface area contributed by atoms with E-state index in [9.17, 15) is 19.5 Å². The molecule has 9 heteroatoms. The maximum Gasteiger partial charge on any atom is 0.326 e. The quantitative estimate of drug-likeness (QED) is 0.432. The summed E-state index contributed by atoms with van der Waals surface area (Å²) in [5, 5.41) is 14.4. The molecule has 3 N–H and O–H groups in total. The summed E-state index contributed by atoms with van der Waals surface area (Å²) in [5.74, 6) is -2.39. The number of carboxylic acid groups (broad SMARTS) is 1. The largest absolute Gasteiger partial charge is 0.480 e. The van der Waals surface area contributed by atoms with Gasteiger partial charge in [-0.05, 0) is 45.8 Å². The van der Waals surface area contributed by atoms with Gasteiger partial charge in [0.05, 0.1) is 6.26 Å². The molecule has 0 spiro atoms. The van der Waals surface area contributed by atoms with Crippen molar-refractivity contribution in [1.29, 1.82) is 0 Å². The van der Waals surface area contributed by atoms with Crippen molar-refractivity contribution >= 4 is 39.8 Å². The first kappa shape index (κ1) is 21.1. The van der Waals surface area contributed by atoms with Crippen LogP contribution in [0.2, 0.25) is 0 Å². The Morgan fingerprint density at radius 1 is 1.07 bits per heavy atom. The number of aliphatic carboxylic acids is 1. The average molecular weight is 473 g/mol. The molecule has 1 unspecified atom stereocenters. The van der Waals surface area contributed by atoms with Crippen LogP contribution in [0.5, 0.6) is 0 Å². The van der Waals surface area contributed by atoms with Crippen molar-refractivity contribution in [3.05, 3.63) is 88.3 Å². The molecule has 0 saturated carbocycles. The third-order valence-corrected chi connectivity index (χ3v) is 4.43. The Kier molecular flexibility index (Phi) is 6.87. The summed E-state index contributed by atoms with van der Waals surface area (Å²) in [6.07, 6.45) is 2.78. The Morgan fingerprint density at radius 2 is 1.83 bits per heavy atom. The number of nitrogens with one attached hydrogen (secondary N) is 2. The molecule has 2 aromatic heterocycles. The van der Waals surface area contributed by atoms with Crippen molar-refractivity contribution in [3.63, 3.8) is 0 Å². The zero-order chi connectivity index (χ0) is 21.5. The molecule has 0 radical (unpaired) electrons. The van der Waals surface area contributed by atoms with Crippen LogP contribution < -0.4 is 10.6 Å². The van der Waals surface area contributed by atoms with Gasteiger partial charge in [0.15, 0.2) is 10.4 Å². The normalized spacial score (nSPS) is 12.2. The Bertz CT molecular complexity index is 1060. The van der Waals surface area contributed by atoms with E-state index in [1.165, 1.54) is 24.5 Å². The standard InChI is InChI=1S/C21H17BrN2O6/c22-18-9-8-17(30-18)20(26)23-15(12-14-7-4-10-29-14)19(25)24-16(21(27)28)11-13-5-2-1-3-6-13/h1-10,12,16H,11H2,(H,23,26)(H,24,25)(H,27,28)/b15-12-. The lowest BCUT2D eigenvalue weighted by Gasteiger charge is -2.16. The third-order valence-electron chi connectivity index (χ3n) is 4.01. The molecular formula is C21H17BrN2O6. The number of carbonyl (C=O) groups is 3. The van der Waals surface area contributed by atoms with E-state index in [0.29, 0.717) is 10.4 Å². The smallest absolute Gasteiger partial charge is 0.326 e. The number of benzene rings is 1. The molecule has 0 aliphatic rings. The zero-order valence-corrected chi connectivity index (χ0v) is 17.1. The second kappa shape index (κ2) is 9.75. The first-order valence-corrected chi connectivity index (χ1v) is 9.61. The fourth-order valence-electron chi connectivity index (χ4n) is 2.58.